The Hall–Kier alpha value is -7.94. The van der Waals surface area contributed by atoms with E-state index in [1.165, 1.54) is 11.1 Å². The van der Waals surface area contributed by atoms with Crippen molar-refractivity contribution < 1.29 is 4.42 Å². The van der Waals surface area contributed by atoms with E-state index in [1.807, 2.05) is 97.1 Å². The van der Waals surface area contributed by atoms with Gasteiger partial charge in [-0.25, -0.2) is 19.8 Å². The van der Waals surface area contributed by atoms with Gasteiger partial charge in [0, 0.05) is 27.5 Å². The van der Waals surface area contributed by atoms with Crippen LogP contribution in [0.3, 0.4) is 0 Å². The lowest BCUT2D eigenvalue weighted by atomic mass is 9.93. The first-order chi connectivity index (χ1) is 28.2. The van der Waals surface area contributed by atoms with Gasteiger partial charge >= 0.3 is 0 Å². The summed E-state index contributed by atoms with van der Waals surface area (Å²) in [4.78, 5) is 18.8. The topological polar surface area (TPSA) is 56.2 Å². The van der Waals surface area contributed by atoms with Gasteiger partial charge < -0.3 is 4.42 Å². The van der Waals surface area contributed by atoms with E-state index in [1.54, 1.807) is 0 Å². The van der Waals surface area contributed by atoms with Crippen molar-refractivity contribution in [2.24, 2.45) is 0 Å². The molecule has 10 rings (SSSR count). The SMILES string of the molecule is [C-]#[N+]c1ccccc1-c1cccc(-c2nc(-c3ccccc3)nc(-c3ccc4c(c3)oc3cc(-c5ccccc5)cc(-c5ccc(-c6ccccc6)cc5)c34)n2)c1. The van der Waals surface area contributed by atoms with Crippen LogP contribution in [0.15, 0.2) is 199 Å². The maximum Gasteiger partial charge on any atom is 0.194 e. The van der Waals surface area contributed by atoms with Gasteiger partial charge in [-0.3, -0.25) is 0 Å². The smallest absolute Gasteiger partial charge is 0.194 e. The first kappa shape index (κ1) is 33.6. The number of furan rings is 1. The van der Waals surface area contributed by atoms with E-state index in [-0.39, 0.29) is 0 Å². The van der Waals surface area contributed by atoms with Gasteiger partial charge in [0.15, 0.2) is 23.2 Å². The predicted molar refractivity (Wildman–Crippen MR) is 231 cm³/mol. The quantitative estimate of drug-likeness (QED) is 0.153. The van der Waals surface area contributed by atoms with Gasteiger partial charge in [-0.15, -0.1) is 0 Å². The van der Waals surface area contributed by atoms with E-state index in [4.69, 9.17) is 25.9 Å². The summed E-state index contributed by atoms with van der Waals surface area (Å²) >= 11 is 0. The van der Waals surface area contributed by atoms with E-state index >= 15 is 0 Å². The maximum atomic E-state index is 7.72. The summed E-state index contributed by atoms with van der Waals surface area (Å²) in [5.41, 5.74) is 13.2. The summed E-state index contributed by atoms with van der Waals surface area (Å²) in [5, 5.41) is 2.07. The number of rotatable bonds is 7. The van der Waals surface area contributed by atoms with Crippen molar-refractivity contribution in [3.63, 3.8) is 0 Å². The largest absolute Gasteiger partial charge is 0.456 e. The summed E-state index contributed by atoms with van der Waals surface area (Å²) in [5.74, 6) is 1.65. The molecule has 0 amide bonds. The molecule has 0 N–H and O–H groups in total. The van der Waals surface area contributed by atoms with E-state index in [2.05, 4.69) is 102 Å². The van der Waals surface area contributed by atoms with E-state index in [0.717, 1.165) is 72.0 Å². The van der Waals surface area contributed by atoms with Crippen LogP contribution >= 0.6 is 0 Å². The molecular weight excluding hydrogens is 697 g/mol. The van der Waals surface area contributed by atoms with Crippen LogP contribution in [-0.4, -0.2) is 15.0 Å². The molecule has 0 radical (unpaired) electrons. The molecule has 5 heteroatoms. The van der Waals surface area contributed by atoms with Crippen LogP contribution in [0.4, 0.5) is 5.69 Å². The fourth-order valence-electron chi connectivity index (χ4n) is 7.53. The van der Waals surface area contributed by atoms with Crippen molar-refractivity contribution in [1.82, 2.24) is 15.0 Å². The van der Waals surface area contributed by atoms with E-state index in [9.17, 15) is 0 Å². The minimum atomic E-state index is 0.537. The number of fused-ring (bicyclic) bond motifs is 3. The molecule has 0 spiro atoms. The molecule has 8 aromatic carbocycles. The minimum absolute atomic E-state index is 0.537. The Morgan fingerprint density at radius 3 is 1.53 bits per heavy atom. The predicted octanol–water partition coefficient (Wildman–Crippen LogP) is 14.0. The van der Waals surface area contributed by atoms with Crippen LogP contribution < -0.4 is 0 Å². The molecule has 2 heterocycles. The zero-order chi connectivity index (χ0) is 38.1. The first-order valence-electron chi connectivity index (χ1n) is 18.8. The van der Waals surface area contributed by atoms with Gasteiger partial charge in [0.2, 0.25) is 0 Å². The molecule has 2 aromatic heterocycles. The number of aromatic nitrogens is 3. The second-order valence-electron chi connectivity index (χ2n) is 13.9. The summed E-state index contributed by atoms with van der Waals surface area (Å²) in [6, 6.07) is 65.9. The third kappa shape index (κ3) is 6.42. The highest BCUT2D eigenvalue weighted by molar-refractivity contribution is 6.14. The van der Waals surface area contributed by atoms with Crippen molar-refractivity contribution in [3.05, 3.63) is 206 Å². The third-order valence-corrected chi connectivity index (χ3v) is 10.4. The molecule has 0 saturated heterocycles. The van der Waals surface area contributed by atoms with Crippen molar-refractivity contribution >= 4 is 27.6 Å². The van der Waals surface area contributed by atoms with Crippen LogP contribution in [0.5, 0.6) is 0 Å². The van der Waals surface area contributed by atoms with Gasteiger partial charge in [-0.05, 0) is 74.8 Å². The molecule has 0 bridgehead atoms. The average Bonchev–Trinajstić information content (AvgIpc) is 3.67. The van der Waals surface area contributed by atoms with E-state index < -0.39 is 0 Å². The van der Waals surface area contributed by atoms with Gasteiger partial charge in [0.05, 0.1) is 6.57 Å². The summed E-state index contributed by atoms with van der Waals surface area (Å²) in [6.07, 6.45) is 0. The van der Waals surface area contributed by atoms with Crippen LogP contribution in [-0.2, 0) is 0 Å². The lowest BCUT2D eigenvalue weighted by Crippen LogP contribution is -2.00. The molecule has 57 heavy (non-hydrogen) atoms. The Bertz CT molecular complexity index is 3110. The molecule has 10 aromatic rings. The molecule has 0 atom stereocenters. The second kappa shape index (κ2) is 14.4. The van der Waals surface area contributed by atoms with Crippen LogP contribution in [0.1, 0.15) is 0 Å². The Labute approximate surface area is 330 Å². The highest BCUT2D eigenvalue weighted by atomic mass is 16.3. The molecule has 266 valence electrons. The maximum absolute atomic E-state index is 7.72. The average molecular weight is 729 g/mol. The molecule has 0 aliphatic rings. The van der Waals surface area contributed by atoms with Crippen molar-refractivity contribution in [2.45, 2.75) is 0 Å². The number of nitrogens with zero attached hydrogens (tertiary/aromatic N) is 4. The van der Waals surface area contributed by atoms with Crippen LogP contribution in [0.2, 0.25) is 0 Å². The van der Waals surface area contributed by atoms with Gasteiger partial charge in [0.25, 0.3) is 0 Å². The number of hydrogen-bond acceptors (Lipinski definition) is 4. The molecule has 0 fully saturated rings. The molecule has 0 saturated carbocycles. The Kier molecular flexibility index (Phi) is 8.48. The lowest BCUT2D eigenvalue weighted by Gasteiger charge is -2.10. The molecular formula is C52H32N4O. The monoisotopic (exact) mass is 728 g/mol. The lowest BCUT2D eigenvalue weighted by molar-refractivity contribution is 0.669. The van der Waals surface area contributed by atoms with Gasteiger partial charge in [-0.1, -0.05) is 164 Å². The number of benzene rings is 8. The van der Waals surface area contributed by atoms with Crippen molar-refractivity contribution in [2.75, 3.05) is 0 Å². The van der Waals surface area contributed by atoms with Gasteiger partial charge in [0.1, 0.15) is 11.2 Å². The highest BCUT2D eigenvalue weighted by Crippen LogP contribution is 2.42. The molecule has 0 aliphatic carbocycles. The zero-order valence-corrected chi connectivity index (χ0v) is 30.7. The number of para-hydroxylation sites is 1. The molecule has 0 aliphatic heterocycles. The summed E-state index contributed by atoms with van der Waals surface area (Å²) in [6.45, 7) is 7.72. The Morgan fingerprint density at radius 1 is 0.351 bits per heavy atom. The Morgan fingerprint density at radius 2 is 0.842 bits per heavy atom. The normalized spacial score (nSPS) is 11.1. The summed E-state index contributed by atoms with van der Waals surface area (Å²) in [7, 11) is 0. The first-order valence-corrected chi connectivity index (χ1v) is 18.8. The number of hydrogen-bond donors (Lipinski definition) is 0. The highest BCUT2D eigenvalue weighted by Gasteiger charge is 2.19. The fourth-order valence-corrected chi connectivity index (χ4v) is 7.53. The standard InChI is InChI=1S/C52H32N4O/c1-53-46-23-12-11-22-43(46)39-20-13-21-40(30-39)51-54-50(38-18-9-4-10-19-38)55-52(56-51)41-28-29-44-47(32-41)57-48-33-42(35-16-7-3-8-17-35)31-45(49(44)48)37-26-24-36(25-27-37)34-14-5-2-6-15-34/h2-33H. The summed E-state index contributed by atoms with van der Waals surface area (Å²) < 4.78 is 6.75. The van der Waals surface area contributed by atoms with Crippen LogP contribution in [0.25, 0.3) is 105 Å². The van der Waals surface area contributed by atoms with Crippen LogP contribution in [0, 0.1) is 6.57 Å². The second-order valence-corrected chi connectivity index (χ2v) is 13.9. The Balaban J connectivity index is 1.12. The molecule has 5 nitrogen and oxygen atoms in total. The van der Waals surface area contributed by atoms with Crippen molar-refractivity contribution in [3.8, 4) is 78.7 Å². The molecule has 0 unspecified atom stereocenters. The fraction of sp³-hybridized carbons (Fsp3) is 0. The van der Waals surface area contributed by atoms with Crippen molar-refractivity contribution in [1.29, 1.82) is 0 Å². The minimum Gasteiger partial charge on any atom is -0.456 e. The zero-order valence-electron chi connectivity index (χ0n) is 30.7. The third-order valence-electron chi connectivity index (χ3n) is 10.4. The van der Waals surface area contributed by atoms with Gasteiger partial charge in [-0.2, -0.15) is 0 Å². The van der Waals surface area contributed by atoms with E-state index in [0.29, 0.717) is 23.2 Å².